The average Bonchev–Trinajstić information content (AvgIpc) is 2.65. The largest absolute Gasteiger partial charge is 0.443 e. The van der Waals surface area contributed by atoms with Crippen LogP contribution in [0.25, 0.3) is 0 Å². The van der Waals surface area contributed by atoms with Gasteiger partial charge in [-0.3, -0.25) is 0 Å². The van der Waals surface area contributed by atoms with E-state index < -0.39 is 11.2 Å². The summed E-state index contributed by atoms with van der Waals surface area (Å²) in [5.74, 6) is 0.368. The summed E-state index contributed by atoms with van der Waals surface area (Å²) in [6.45, 7) is 4.71. The van der Waals surface area contributed by atoms with E-state index in [1.54, 1.807) is 0 Å². The van der Waals surface area contributed by atoms with Crippen LogP contribution in [0.15, 0.2) is 6.20 Å². The molecule has 2 atom stereocenters. The van der Waals surface area contributed by atoms with Crippen molar-refractivity contribution in [3.8, 4) is 0 Å². The van der Waals surface area contributed by atoms with Gasteiger partial charge in [0.05, 0.1) is 0 Å². The Morgan fingerprint density at radius 1 is 1.44 bits per heavy atom. The first-order valence-corrected chi connectivity index (χ1v) is 5.85. The van der Waals surface area contributed by atoms with E-state index in [-0.39, 0.29) is 11.8 Å². The number of nitrogens with zero attached hydrogens (tertiary/aromatic N) is 1. The number of hydrogen-bond donors (Lipinski definition) is 1. The molecule has 1 N–H and O–H groups in total. The Labute approximate surface area is 96.9 Å². The monoisotopic (exact) mass is 252 g/mol. The molecule has 0 saturated heterocycles. The summed E-state index contributed by atoms with van der Waals surface area (Å²) in [5.41, 5.74) is 0. The highest BCUT2D eigenvalue weighted by Crippen LogP contribution is 2.36. The zero-order valence-electron chi connectivity index (χ0n) is 9.43. The van der Waals surface area contributed by atoms with Gasteiger partial charge in [0.25, 0.3) is 0 Å². The van der Waals surface area contributed by atoms with Gasteiger partial charge in [-0.15, -0.1) is 11.3 Å². The second-order valence-corrected chi connectivity index (χ2v) is 4.95. The molecule has 6 heteroatoms. The molecule has 1 rings (SSSR count). The Hall–Kier alpha value is -0.620. The highest BCUT2D eigenvalue weighted by Gasteiger charge is 2.35. The van der Waals surface area contributed by atoms with Crippen LogP contribution in [-0.2, 0) is 6.18 Å². The Balaban J connectivity index is 2.78. The lowest BCUT2D eigenvalue weighted by Crippen LogP contribution is -2.20. The van der Waals surface area contributed by atoms with Crippen molar-refractivity contribution in [1.82, 2.24) is 10.3 Å². The zero-order chi connectivity index (χ0) is 12.3. The van der Waals surface area contributed by atoms with Crippen molar-refractivity contribution < 1.29 is 13.2 Å². The Morgan fingerprint density at radius 2 is 2.06 bits per heavy atom. The third-order valence-electron chi connectivity index (χ3n) is 2.59. The third-order valence-corrected chi connectivity index (χ3v) is 3.84. The first kappa shape index (κ1) is 13.4. The summed E-state index contributed by atoms with van der Waals surface area (Å²) in [7, 11) is 1.83. The van der Waals surface area contributed by atoms with Crippen LogP contribution in [-0.4, -0.2) is 18.6 Å². The molecule has 2 nitrogen and oxygen atoms in total. The maximum Gasteiger partial charge on any atom is 0.443 e. The molecule has 0 bridgehead atoms. The summed E-state index contributed by atoms with van der Waals surface area (Å²) in [6.07, 6.45) is -2.99. The SMILES string of the molecule is CNCC(C)C(C)c1cnc(C(F)(F)F)s1. The summed E-state index contributed by atoms with van der Waals surface area (Å²) in [6, 6.07) is 0. The van der Waals surface area contributed by atoms with Crippen LogP contribution in [0.4, 0.5) is 13.2 Å². The fraction of sp³-hybridized carbons (Fsp3) is 0.700. The maximum absolute atomic E-state index is 12.3. The van der Waals surface area contributed by atoms with Crippen LogP contribution in [0.3, 0.4) is 0 Å². The normalized spacial score (nSPS) is 16.1. The topological polar surface area (TPSA) is 24.9 Å². The van der Waals surface area contributed by atoms with E-state index in [0.29, 0.717) is 4.88 Å². The Morgan fingerprint density at radius 3 is 2.50 bits per heavy atom. The predicted octanol–water partition coefficient (Wildman–Crippen LogP) is 3.12. The molecule has 2 unspecified atom stereocenters. The van der Waals surface area contributed by atoms with E-state index >= 15 is 0 Å². The van der Waals surface area contributed by atoms with Crippen molar-refractivity contribution in [2.24, 2.45) is 5.92 Å². The molecular weight excluding hydrogens is 237 g/mol. The van der Waals surface area contributed by atoms with Gasteiger partial charge >= 0.3 is 6.18 Å². The Bertz CT molecular complexity index is 335. The molecule has 16 heavy (non-hydrogen) atoms. The molecule has 0 fully saturated rings. The van der Waals surface area contributed by atoms with Gasteiger partial charge in [0.15, 0.2) is 5.01 Å². The van der Waals surface area contributed by atoms with Crippen molar-refractivity contribution in [2.75, 3.05) is 13.6 Å². The van der Waals surface area contributed by atoms with Crippen LogP contribution in [0.1, 0.15) is 29.7 Å². The second-order valence-electron chi connectivity index (χ2n) is 3.89. The van der Waals surface area contributed by atoms with E-state index in [1.165, 1.54) is 6.20 Å². The molecule has 1 heterocycles. The van der Waals surface area contributed by atoms with Gasteiger partial charge < -0.3 is 5.32 Å². The van der Waals surface area contributed by atoms with Crippen molar-refractivity contribution >= 4 is 11.3 Å². The second kappa shape index (κ2) is 5.14. The maximum atomic E-state index is 12.3. The Kier molecular flexibility index (Phi) is 4.32. The van der Waals surface area contributed by atoms with Crippen molar-refractivity contribution in [1.29, 1.82) is 0 Å². The highest BCUT2D eigenvalue weighted by molar-refractivity contribution is 7.11. The fourth-order valence-corrected chi connectivity index (χ4v) is 2.38. The van der Waals surface area contributed by atoms with Gasteiger partial charge in [-0.25, -0.2) is 4.98 Å². The summed E-state index contributed by atoms with van der Waals surface area (Å²) >= 11 is 0.738. The molecule has 0 amide bonds. The van der Waals surface area contributed by atoms with Crippen LogP contribution >= 0.6 is 11.3 Å². The quantitative estimate of drug-likeness (QED) is 0.890. The van der Waals surface area contributed by atoms with E-state index in [2.05, 4.69) is 10.3 Å². The molecule has 1 aromatic heterocycles. The average molecular weight is 252 g/mol. The first-order valence-electron chi connectivity index (χ1n) is 5.03. The van der Waals surface area contributed by atoms with Crippen LogP contribution < -0.4 is 5.32 Å². The lowest BCUT2D eigenvalue weighted by Gasteiger charge is -2.17. The predicted molar refractivity (Wildman–Crippen MR) is 58.6 cm³/mol. The molecule has 0 spiro atoms. The number of aromatic nitrogens is 1. The van der Waals surface area contributed by atoms with Gasteiger partial charge in [0, 0.05) is 11.1 Å². The molecule has 92 valence electrons. The minimum absolute atomic E-state index is 0.0843. The number of halogens is 3. The summed E-state index contributed by atoms with van der Waals surface area (Å²) in [5, 5.41) is 2.26. The van der Waals surface area contributed by atoms with Gasteiger partial charge in [0.1, 0.15) is 0 Å². The molecule has 0 aliphatic rings. The number of thiazole rings is 1. The number of hydrogen-bond acceptors (Lipinski definition) is 3. The van der Waals surface area contributed by atoms with E-state index in [9.17, 15) is 13.2 Å². The molecule has 0 saturated carbocycles. The van der Waals surface area contributed by atoms with Gasteiger partial charge in [-0.2, -0.15) is 13.2 Å². The lowest BCUT2D eigenvalue weighted by atomic mass is 9.95. The van der Waals surface area contributed by atoms with Crippen molar-refractivity contribution in [3.05, 3.63) is 16.1 Å². The summed E-state index contributed by atoms with van der Waals surface area (Å²) < 4.78 is 37.0. The minimum Gasteiger partial charge on any atom is -0.319 e. The summed E-state index contributed by atoms with van der Waals surface area (Å²) in [4.78, 5) is 4.11. The van der Waals surface area contributed by atoms with E-state index in [0.717, 1.165) is 17.9 Å². The first-order chi connectivity index (χ1) is 7.36. The molecule has 0 aliphatic heterocycles. The fourth-order valence-electron chi connectivity index (χ4n) is 1.41. The van der Waals surface area contributed by atoms with Crippen LogP contribution in [0.5, 0.6) is 0 Å². The van der Waals surface area contributed by atoms with Gasteiger partial charge in [-0.05, 0) is 25.4 Å². The molecule has 0 radical (unpaired) electrons. The lowest BCUT2D eigenvalue weighted by molar-refractivity contribution is -0.137. The number of rotatable bonds is 4. The minimum atomic E-state index is -4.32. The van der Waals surface area contributed by atoms with E-state index in [1.807, 2.05) is 20.9 Å². The molecule has 0 aromatic carbocycles. The van der Waals surface area contributed by atoms with Crippen molar-refractivity contribution in [2.45, 2.75) is 25.9 Å². The van der Waals surface area contributed by atoms with Gasteiger partial charge in [-0.1, -0.05) is 13.8 Å². The zero-order valence-corrected chi connectivity index (χ0v) is 10.2. The van der Waals surface area contributed by atoms with Crippen LogP contribution in [0.2, 0.25) is 0 Å². The number of alkyl halides is 3. The van der Waals surface area contributed by atoms with Crippen LogP contribution in [0, 0.1) is 5.92 Å². The smallest absolute Gasteiger partial charge is 0.319 e. The van der Waals surface area contributed by atoms with Crippen molar-refractivity contribution in [3.63, 3.8) is 0 Å². The number of nitrogens with one attached hydrogen (secondary N) is 1. The molecule has 1 aromatic rings. The molecule has 0 aliphatic carbocycles. The highest BCUT2D eigenvalue weighted by atomic mass is 32.1. The molecular formula is C10H15F3N2S. The van der Waals surface area contributed by atoms with Gasteiger partial charge in [0.2, 0.25) is 0 Å². The third kappa shape index (κ3) is 3.18. The van der Waals surface area contributed by atoms with E-state index in [4.69, 9.17) is 0 Å². The standard InChI is InChI=1S/C10H15F3N2S/c1-6(4-14-3)7(2)8-5-15-9(16-8)10(11,12)13/h5-7,14H,4H2,1-3H3.